The number of rotatable bonds is 3. The Labute approximate surface area is 108 Å². The summed E-state index contributed by atoms with van der Waals surface area (Å²) in [6, 6.07) is 9.41. The number of thioether (sulfide) groups is 1. The minimum atomic E-state index is -0.224. The Morgan fingerprint density at radius 3 is 3.00 bits per heavy atom. The van der Waals surface area contributed by atoms with Crippen molar-refractivity contribution < 1.29 is 0 Å². The molecule has 0 atom stereocenters. The number of hydrogen-bond acceptors (Lipinski definition) is 5. The molecule has 2 rings (SSSR count). The lowest BCUT2D eigenvalue weighted by molar-refractivity contribution is 0.790. The third-order valence-electron chi connectivity index (χ3n) is 2.27. The van der Waals surface area contributed by atoms with E-state index in [1.165, 1.54) is 11.8 Å². The lowest BCUT2D eigenvalue weighted by Gasteiger charge is -2.01. The van der Waals surface area contributed by atoms with Gasteiger partial charge in [-0.15, -0.1) is 10.2 Å². The maximum atomic E-state index is 11.3. The van der Waals surface area contributed by atoms with E-state index in [0.717, 1.165) is 5.56 Å². The Morgan fingerprint density at radius 2 is 2.28 bits per heavy atom. The molecule has 0 unspecified atom stereocenters. The normalized spacial score (nSPS) is 10.0. The molecule has 0 fully saturated rings. The molecule has 0 saturated heterocycles. The lowest BCUT2D eigenvalue weighted by Crippen LogP contribution is -2.14. The number of aromatic nitrogens is 3. The van der Waals surface area contributed by atoms with Crippen LogP contribution in [0.15, 0.2) is 34.2 Å². The van der Waals surface area contributed by atoms with Crippen molar-refractivity contribution in [2.24, 2.45) is 0 Å². The summed E-state index contributed by atoms with van der Waals surface area (Å²) in [6.45, 7) is 1.61. The first kappa shape index (κ1) is 12.3. The van der Waals surface area contributed by atoms with Gasteiger partial charge in [-0.05, 0) is 24.6 Å². The molecular formula is C12H10N4OS. The van der Waals surface area contributed by atoms with Crippen molar-refractivity contribution >= 4 is 11.8 Å². The van der Waals surface area contributed by atoms with Crippen molar-refractivity contribution in [3.8, 4) is 6.07 Å². The standard InChI is InChI=1S/C12H10N4OS/c1-8-11(17)14-12(16-15-8)18-7-10-4-2-3-9(5-10)6-13/h2-5H,7H2,1H3,(H,14,16,17). The summed E-state index contributed by atoms with van der Waals surface area (Å²) in [7, 11) is 0. The Bertz CT molecular complexity index is 660. The van der Waals surface area contributed by atoms with Crippen LogP contribution >= 0.6 is 11.8 Å². The van der Waals surface area contributed by atoms with Gasteiger partial charge in [-0.2, -0.15) is 5.26 Å². The first-order valence-electron chi connectivity index (χ1n) is 5.24. The Morgan fingerprint density at radius 1 is 1.44 bits per heavy atom. The molecule has 0 amide bonds. The number of benzene rings is 1. The van der Waals surface area contributed by atoms with Gasteiger partial charge in [0.05, 0.1) is 11.6 Å². The maximum Gasteiger partial charge on any atom is 0.273 e. The topological polar surface area (TPSA) is 82.4 Å². The Kier molecular flexibility index (Phi) is 3.75. The number of nitriles is 1. The van der Waals surface area contributed by atoms with Crippen LogP contribution in [0.1, 0.15) is 16.8 Å². The molecule has 0 saturated carbocycles. The third kappa shape index (κ3) is 2.96. The highest BCUT2D eigenvalue weighted by atomic mass is 32.2. The van der Waals surface area contributed by atoms with Crippen molar-refractivity contribution in [1.82, 2.24) is 15.2 Å². The number of aromatic amines is 1. The second-order valence-corrected chi connectivity index (χ2v) is 4.61. The summed E-state index contributed by atoms with van der Waals surface area (Å²) in [5.41, 5.74) is 1.75. The van der Waals surface area contributed by atoms with Crippen LogP contribution in [0.3, 0.4) is 0 Å². The molecule has 1 aromatic heterocycles. The Hall–Kier alpha value is -2.13. The summed E-state index contributed by atoms with van der Waals surface area (Å²) >= 11 is 1.38. The zero-order valence-electron chi connectivity index (χ0n) is 9.67. The molecule has 5 nitrogen and oxygen atoms in total. The van der Waals surface area contributed by atoms with Crippen LogP contribution in [0, 0.1) is 18.3 Å². The zero-order chi connectivity index (χ0) is 13.0. The molecule has 90 valence electrons. The van der Waals surface area contributed by atoms with Crippen LogP contribution in [0.5, 0.6) is 0 Å². The first-order valence-corrected chi connectivity index (χ1v) is 6.23. The van der Waals surface area contributed by atoms with Crippen LogP contribution in [0.4, 0.5) is 0 Å². The van der Waals surface area contributed by atoms with E-state index in [2.05, 4.69) is 21.3 Å². The predicted octanol–water partition coefficient (Wildman–Crippen LogP) is 1.64. The maximum absolute atomic E-state index is 11.3. The lowest BCUT2D eigenvalue weighted by atomic mass is 10.2. The SMILES string of the molecule is Cc1nnc(SCc2cccc(C#N)c2)[nH]c1=O. The predicted molar refractivity (Wildman–Crippen MR) is 68.1 cm³/mol. The van der Waals surface area contributed by atoms with Gasteiger partial charge in [-0.3, -0.25) is 9.78 Å². The molecule has 6 heteroatoms. The molecule has 1 aromatic carbocycles. The summed E-state index contributed by atoms with van der Waals surface area (Å²) < 4.78 is 0. The van der Waals surface area contributed by atoms with E-state index in [-0.39, 0.29) is 5.56 Å². The van der Waals surface area contributed by atoms with E-state index in [4.69, 9.17) is 5.26 Å². The molecule has 0 bridgehead atoms. The first-order chi connectivity index (χ1) is 8.69. The van der Waals surface area contributed by atoms with Gasteiger partial charge in [0.15, 0.2) is 5.16 Å². The average Bonchev–Trinajstić information content (AvgIpc) is 2.40. The largest absolute Gasteiger partial charge is 0.298 e. The van der Waals surface area contributed by atoms with Crippen molar-refractivity contribution in [3.63, 3.8) is 0 Å². The van der Waals surface area contributed by atoms with Crippen LogP contribution in [0.25, 0.3) is 0 Å². The molecule has 0 aliphatic carbocycles. The fourth-order valence-electron chi connectivity index (χ4n) is 1.33. The fraction of sp³-hybridized carbons (Fsp3) is 0.167. The number of nitrogens with one attached hydrogen (secondary N) is 1. The highest BCUT2D eigenvalue weighted by molar-refractivity contribution is 7.98. The number of nitrogens with zero attached hydrogens (tertiary/aromatic N) is 3. The summed E-state index contributed by atoms with van der Waals surface area (Å²) in [6.07, 6.45) is 0. The molecule has 1 N–H and O–H groups in total. The molecule has 0 aliphatic rings. The Balaban J connectivity index is 2.09. The van der Waals surface area contributed by atoms with E-state index in [0.29, 0.717) is 22.2 Å². The highest BCUT2D eigenvalue weighted by Crippen LogP contribution is 2.18. The van der Waals surface area contributed by atoms with Gasteiger partial charge in [0.2, 0.25) is 0 Å². The monoisotopic (exact) mass is 258 g/mol. The molecule has 2 aromatic rings. The van der Waals surface area contributed by atoms with Gasteiger partial charge in [0, 0.05) is 5.75 Å². The van der Waals surface area contributed by atoms with E-state index < -0.39 is 0 Å². The second kappa shape index (κ2) is 5.47. The van der Waals surface area contributed by atoms with Crippen LogP contribution in [0.2, 0.25) is 0 Å². The number of aryl methyl sites for hydroxylation is 1. The van der Waals surface area contributed by atoms with Crippen LogP contribution < -0.4 is 5.56 Å². The summed E-state index contributed by atoms with van der Waals surface area (Å²) in [5, 5.41) is 16.9. The van der Waals surface area contributed by atoms with E-state index in [9.17, 15) is 4.79 Å². The van der Waals surface area contributed by atoms with Crippen molar-refractivity contribution in [2.45, 2.75) is 17.8 Å². The third-order valence-corrected chi connectivity index (χ3v) is 3.21. The summed E-state index contributed by atoms with van der Waals surface area (Å²) in [4.78, 5) is 14.0. The van der Waals surface area contributed by atoms with Gasteiger partial charge in [-0.25, -0.2) is 0 Å². The number of H-pyrrole nitrogens is 1. The van der Waals surface area contributed by atoms with Crippen molar-refractivity contribution in [2.75, 3.05) is 0 Å². The zero-order valence-corrected chi connectivity index (χ0v) is 10.5. The average molecular weight is 258 g/mol. The minimum Gasteiger partial charge on any atom is -0.298 e. The van der Waals surface area contributed by atoms with Gasteiger partial charge < -0.3 is 0 Å². The number of hydrogen-bond donors (Lipinski definition) is 1. The second-order valence-electron chi connectivity index (χ2n) is 3.65. The molecule has 0 aliphatic heterocycles. The van der Waals surface area contributed by atoms with Crippen molar-refractivity contribution in [1.29, 1.82) is 5.26 Å². The van der Waals surface area contributed by atoms with E-state index >= 15 is 0 Å². The summed E-state index contributed by atoms with van der Waals surface area (Å²) in [5.74, 6) is 0.628. The molecule has 0 radical (unpaired) electrons. The van der Waals surface area contributed by atoms with Crippen LogP contribution in [-0.4, -0.2) is 15.2 Å². The molecule has 18 heavy (non-hydrogen) atoms. The molecular weight excluding hydrogens is 248 g/mol. The fourth-order valence-corrected chi connectivity index (χ4v) is 2.07. The van der Waals surface area contributed by atoms with Gasteiger partial charge >= 0.3 is 0 Å². The molecule has 0 spiro atoms. The van der Waals surface area contributed by atoms with E-state index in [1.807, 2.05) is 18.2 Å². The van der Waals surface area contributed by atoms with Crippen molar-refractivity contribution in [3.05, 3.63) is 51.4 Å². The van der Waals surface area contributed by atoms with Gasteiger partial charge in [0.25, 0.3) is 5.56 Å². The highest BCUT2D eigenvalue weighted by Gasteiger charge is 2.02. The van der Waals surface area contributed by atoms with Gasteiger partial charge in [-0.1, -0.05) is 23.9 Å². The van der Waals surface area contributed by atoms with E-state index in [1.54, 1.807) is 13.0 Å². The quantitative estimate of drug-likeness (QED) is 0.846. The minimum absolute atomic E-state index is 0.224. The van der Waals surface area contributed by atoms with Crippen LogP contribution in [-0.2, 0) is 5.75 Å². The smallest absolute Gasteiger partial charge is 0.273 e. The van der Waals surface area contributed by atoms with Gasteiger partial charge in [0.1, 0.15) is 5.69 Å². The molecule has 1 heterocycles.